The zero-order chi connectivity index (χ0) is 20.6. The van der Waals surface area contributed by atoms with E-state index in [0.29, 0.717) is 5.88 Å². The minimum absolute atomic E-state index is 0.0360. The smallest absolute Gasteiger partial charge is 0.192 e. The van der Waals surface area contributed by atoms with Crippen LogP contribution in [-0.4, -0.2) is 34.7 Å². The second kappa shape index (κ2) is 8.24. The molecule has 0 heterocycles. The Hall–Kier alpha value is 0.124. The summed E-state index contributed by atoms with van der Waals surface area (Å²) in [4.78, 5) is 0. The monoisotopic (exact) mass is 416 g/mol. The topological polar surface area (TPSA) is 18.5 Å². The molecular weight excluding hydrogens is 376 g/mol. The fraction of sp³-hybridized carbons (Fsp3) is 0.810. The lowest BCUT2D eigenvalue weighted by Crippen LogP contribution is -2.49. The first-order valence-corrected chi connectivity index (χ1v) is 16.2. The van der Waals surface area contributed by atoms with Gasteiger partial charge in [-0.15, -0.1) is 11.6 Å². The largest absolute Gasteiger partial charge is 0.413 e. The van der Waals surface area contributed by atoms with Gasteiger partial charge < -0.3 is 8.85 Å². The third-order valence-corrected chi connectivity index (χ3v) is 15.7. The number of hydrogen-bond donors (Lipinski definition) is 0. The molecule has 1 aliphatic carbocycles. The normalized spacial score (nSPS) is 25.0. The van der Waals surface area contributed by atoms with Crippen LogP contribution < -0.4 is 0 Å². The Morgan fingerprint density at radius 3 is 1.88 bits per heavy atom. The van der Waals surface area contributed by atoms with Crippen LogP contribution in [0.1, 0.15) is 54.4 Å². The molecule has 2 unspecified atom stereocenters. The minimum Gasteiger partial charge on any atom is -0.413 e. The first-order chi connectivity index (χ1) is 11.5. The molecule has 0 bridgehead atoms. The summed E-state index contributed by atoms with van der Waals surface area (Å²) in [5, 5.41) is 0.379. The van der Waals surface area contributed by atoms with E-state index in [1.165, 1.54) is 5.57 Å². The lowest BCUT2D eigenvalue weighted by molar-refractivity contribution is 0.0969. The summed E-state index contributed by atoms with van der Waals surface area (Å²) in [6.07, 6.45) is 4.11. The summed E-state index contributed by atoms with van der Waals surface area (Å²) in [5.74, 6) is 0.508. The lowest BCUT2D eigenvalue weighted by atomic mass is 9.86. The zero-order valence-corrected chi connectivity index (χ0v) is 21.5. The molecule has 0 radical (unpaired) electrons. The van der Waals surface area contributed by atoms with Crippen molar-refractivity contribution in [1.82, 2.24) is 0 Å². The van der Waals surface area contributed by atoms with E-state index in [1.807, 2.05) is 0 Å². The molecular formula is C21H41ClO2Si2. The number of halogens is 1. The van der Waals surface area contributed by atoms with Crippen molar-refractivity contribution >= 4 is 28.2 Å². The standard InChI is InChI=1S/C21H41ClO2Si2/c1-16-17(12-13-22)14-18(23-25(8,9)20(2,3)4)15-19(16)24-26(10,11)21(5,6)7/h12,18-19H,1,13-15H2,2-11H3. The highest BCUT2D eigenvalue weighted by atomic mass is 35.5. The average Bonchev–Trinajstić information content (AvgIpc) is 2.40. The van der Waals surface area contributed by atoms with Gasteiger partial charge in [0.1, 0.15) is 0 Å². The first kappa shape index (κ1) is 24.2. The molecule has 1 saturated carbocycles. The fourth-order valence-corrected chi connectivity index (χ4v) is 5.55. The summed E-state index contributed by atoms with van der Waals surface area (Å²) < 4.78 is 13.5. The SMILES string of the molecule is C=C1C(=CCCl)CC(O[Si](C)(C)C(C)(C)C)CC1O[Si](C)(C)C(C)(C)C. The molecule has 2 atom stereocenters. The van der Waals surface area contributed by atoms with Crippen LogP contribution in [0.5, 0.6) is 0 Å². The summed E-state index contributed by atoms with van der Waals surface area (Å²) >= 11 is 6.03. The second-order valence-corrected chi connectivity index (χ2v) is 20.5. The van der Waals surface area contributed by atoms with Crippen LogP contribution in [-0.2, 0) is 8.85 Å². The molecule has 0 saturated heterocycles. The number of rotatable bonds is 5. The van der Waals surface area contributed by atoms with Gasteiger partial charge >= 0.3 is 0 Å². The molecule has 0 N–H and O–H groups in total. The van der Waals surface area contributed by atoms with Gasteiger partial charge in [0.15, 0.2) is 16.6 Å². The predicted molar refractivity (Wildman–Crippen MR) is 121 cm³/mol. The van der Waals surface area contributed by atoms with E-state index >= 15 is 0 Å². The van der Waals surface area contributed by atoms with Gasteiger partial charge in [-0.2, -0.15) is 0 Å². The van der Waals surface area contributed by atoms with E-state index in [-0.39, 0.29) is 22.3 Å². The quantitative estimate of drug-likeness (QED) is 0.346. The van der Waals surface area contributed by atoms with Crippen molar-refractivity contribution in [3.63, 3.8) is 0 Å². The molecule has 0 spiro atoms. The van der Waals surface area contributed by atoms with Crippen LogP contribution in [0.4, 0.5) is 0 Å². The highest BCUT2D eigenvalue weighted by Gasteiger charge is 2.44. The van der Waals surface area contributed by atoms with Gasteiger partial charge in [-0.3, -0.25) is 0 Å². The fourth-order valence-electron chi connectivity index (χ4n) is 2.69. The van der Waals surface area contributed by atoms with Gasteiger partial charge in [0.25, 0.3) is 0 Å². The van der Waals surface area contributed by atoms with Crippen LogP contribution in [0, 0.1) is 0 Å². The lowest BCUT2D eigenvalue weighted by Gasteiger charge is -2.45. The van der Waals surface area contributed by atoms with Crippen molar-refractivity contribution in [2.45, 2.75) is 103 Å². The molecule has 0 aromatic rings. The molecule has 152 valence electrons. The van der Waals surface area contributed by atoms with Gasteiger partial charge in [-0.25, -0.2) is 0 Å². The molecule has 0 aliphatic heterocycles. The zero-order valence-electron chi connectivity index (χ0n) is 18.8. The first-order valence-electron chi connectivity index (χ1n) is 9.81. The van der Waals surface area contributed by atoms with Crippen LogP contribution >= 0.6 is 11.6 Å². The van der Waals surface area contributed by atoms with Crippen molar-refractivity contribution in [2.75, 3.05) is 5.88 Å². The number of hydrogen-bond acceptors (Lipinski definition) is 2. The predicted octanol–water partition coefficient (Wildman–Crippen LogP) is 7.28. The third kappa shape index (κ3) is 5.81. The van der Waals surface area contributed by atoms with Crippen molar-refractivity contribution in [3.8, 4) is 0 Å². The molecule has 5 heteroatoms. The summed E-state index contributed by atoms with van der Waals surface area (Å²) in [6, 6.07) is 0. The van der Waals surface area contributed by atoms with Gasteiger partial charge in [0.2, 0.25) is 0 Å². The summed E-state index contributed by atoms with van der Waals surface area (Å²) in [5.41, 5.74) is 2.32. The molecule has 26 heavy (non-hydrogen) atoms. The van der Waals surface area contributed by atoms with Gasteiger partial charge in [0.05, 0.1) is 12.2 Å². The van der Waals surface area contributed by atoms with Gasteiger partial charge in [-0.05, 0) is 53.8 Å². The van der Waals surface area contributed by atoms with E-state index in [9.17, 15) is 0 Å². The molecule has 1 rings (SSSR count). The van der Waals surface area contributed by atoms with E-state index in [1.54, 1.807) is 0 Å². The Morgan fingerprint density at radius 2 is 1.46 bits per heavy atom. The van der Waals surface area contributed by atoms with Gasteiger partial charge in [0, 0.05) is 12.3 Å². The Balaban J connectivity index is 3.08. The minimum atomic E-state index is -1.88. The van der Waals surface area contributed by atoms with Crippen molar-refractivity contribution in [3.05, 3.63) is 23.8 Å². The van der Waals surface area contributed by atoms with Crippen LogP contribution in [0.2, 0.25) is 36.3 Å². The maximum atomic E-state index is 6.75. The summed E-state index contributed by atoms with van der Waals surface area (Å²) in [6.45, 7) is 27.4. The van der Waals surface area contributed by atoms with E-state index in [0.717, 1.165) is 18.4 Å². The maximum absolute atomic E-state index is 6.75. The molecule has 0 amide bonds. The highest BCUT2D eigenvalue weighted by molar-refractivity contribution is 6.74. The molecule has 1 fully saturated rings. The van der Waals surface area contributed by atoms with Crippen molar-refractivity contribution < 1.29 is 8.85 Å². The number of allylic oxidation sites excluding steroid dienone is 1. The Labute approximate surface area is 169 Å². The van der Waals surface area contributed by atoms with Crippen molar-refractivity contribution in [1.29, 1.82) is 0 Å². The molecule has 2 nitrogen and oxygen atoms in total. The van der Waals surface area contributed by atoms with E-state index in [2.05, 4.69) is 80.4 Å². The summed E-state index contributed by atoms with van der Waals surface area (Å²) in [7, 11) is -3.70. The number of alkyl halides is 1. The van der Waals surface area contributed by atoms with E-state index in [4.69, 9.17) is 20.5 Å². The Kier molecular flexibility index (Phi) is 7.66. The van der Waals surface area contributed by atoms with Crippen LogP contribution in [0.3, 0.4) is 0 Å². The third-order valence-electron chi connectivity index (χ3n) is 6.56. The maximum Gasteiger partial charge on any atom is 0.192 e. The Bertz CT molecular complexity index is 539. The molecule has 0 aromatic heterocycles. The second-order valence-electron chi connectivity index (χ2n) is 10.7. The van der Waals surface area contributed by atoms with Crippen LogP contribution in [0.25, 0.3) is 0 Å². The van der Waals surface area contributed by atoms with E-state index < -0.39 is 16.6 Å². The molecule has 0 aromatic carbocycles. The highest BCUT2D eigenvalue weighted by Crippen LogP contribution is 2.43. The van der Waals surface area contributed by atoms with Crippen molar-refractivity contribution in [2.24, 2.45) is 0 Å². The van der Waals surface area contributed by atoms with Gasteiger partial charge in [-0.1, -0.05) is 54.2 Å². The average molecular weight is 417 g/mol. The molecule has 1 aliphatic rings. The van der Waals surface area contributed by atoms with Crippen LogP contribution in [0.15, 0.2) is 23.8 Å². The Morgan fingerprint density at radius 1 is 1.00 bits per heavy atom.